The molecular formula is C11H16N2O4. The number of hydrogen-bond donors (Lipinski definition) is 1. The molecule has 0 spiro atoms. The second-order valence-electron chi connectivity index (χ2n) is 4.17. The van der Waals surface area contributed by atoms with Gasteiger partial charge in [0, 0.05) is 11.4 Å². The molecule has 6 heteroatoms. The van der Waals surface area contributed by atoms with Gasteiger partial charge in [0.2, 0.25) is 0 Å². The lowest BCUT2D eigenvalue weighted by Gasteiger charge is -2.22. The van der Waals surface area contributed by atoms with E-state index in [9.17, 15) is 14.7 Å². The Morgan fingerprint density at radius 2 is 2.18 bits per heavy atom. The second-order valence-corrected chi connectivity index (χ2v) is 4.17. The van der Waals surface area contributed by atoms with Gasteiger partial charge >= 0.3 is 11.7 Å². The quantitative estimate of drug-likeness (QED) is 0.739. The van der Waals surface area contributed by atoms with Crippen LogP contribution in [0, 0.1) is 13.8 Å². The maximum atomic E-state index is 11.6. The van der Waals surface area contributed by atoms with Crippen LogP contribution in [0.3, 0.4) is 0 Å². The van der Waals surface area contributed by atoms with E-state index >= 15 is 0 Å². The van der Waals surface area contributed by atoms with Crippen molar-refractivity contribution in [2.75, 3.05) is 7.11 Å². The third kappa shape index (κ3) is 2.91. The summed E-state index contributed by atoms with van der Waals surface area (Å²) in [4.78, 5) is 26.7. The van der Waals surface area contributed by atoms with Crippen molar-refractivity contribution in [2.24, 2.45) is 0 Å². The number of carbonyl (C=O) groups excluding carboxylic acids is 1. The highest BCUT2D eigenvalue weighted by Gasteiger charge is 2.32. The Hall–Kier alpha value is -1.69. The molecule has 0 aliphatic carbocycles. The average molecular weight is 240 g/mol. The largest absolute Gasteiger partial charge is 0.467 e. The maximum absolute atomic E-state index is 11.6. The summed E-state index contributed by atoms with van der Waals surface area (Å²) in [6, 6.07) is 1.70. The molecule has 0 bridgehead atoms. The smallest absolute Gasteiger partial charge is 0.348 e. The number of esters is 1. The van der Waals surface area contributed by atoms with Crippen LogP contribution in [0.2, 0.25) is 0 Å². The normalized spacial score (nSPS) is 14.2. The van der Waals surface area contributed by atoms with E-state index in [0.717, 1.165) is 0 Å². The van der Waals surface area contributed by atoms with Crippen molar-refractivity contribution in [2.45, 2.75) is 32.9 Å². The highest BCUT2D eigenvalue weighted by atomic mass is 16.5. The minimum atomic E-state index is -1.75. The Labute approximate surface area is 98.9 Å². The van der Waals surface area contributed by atoms with Gasteiger partial charge in [0.1, 0.15) is 0 Å². The van der Waals surface area contributed by atoms with Gasteiger partial charge in [0.15, 0.2) is 5.60 Å². The van der Waals surface area contributed by atoms with Crippen LogP contribution >= 0.6 is 0 Å². The summed E-state index contributed by atoms with van der Waals surface area (Å²) in [5, 5.41) is 9.89. The van der Waals surface area contributed by atoms with Crippen LogP contribution in [0.25, 0.3) is 0 Å². The molecule has 0 radical (unpaired) electrons. The maximum Gasteiger partial charge on any atom is 0.348 e. The molecule has 1 aromatic heterocycles. The van der Waals surface area contributed by atoms with Gasteiger partial charge in [-0.3, -0.25) is 4.57 Å². The summed E-state index contributed by atoms with van der Waals surface area (Å²) in [6.45, 7) is 4.53. The van der Waals surface area contributed by atoms with Gasteiger partial charge in [0.05, 0.1) is 13.7 Å². The molecule has 0 aliphatic rings. The molecular weight excluding hydrogens is 224 g/mol. The first-order valence-corrected chi connectivity index (χ1v) is 5.14. The minimum absolute atomic E-state index is 0.183. The van der Waals surface area contributed by atoms with Crippen LogP contribution < -0.4 is 5.69 Å². The van der Waals surface area contributed by atoms with Crippen LogP contribution in [0.4, 0.5) is 0 Å². The molecule has 0 saturated heterocycles. The molecule has 0 fully saturated rings. The number of aromatic nitrogens is 2. The number of methoxy groups -OCH3 is 1. The van der Waals surface area contributed by atoms with Crippen LogP contribution in [-0.4, -0.2) is 33.3 Å². The Balaban J connectivity index is 3.12. The number of aliphatic hydroxyl groups is 1. The first-order chi connectivity index (χ1) is 7.77. The number of hydrogen-bond acceptors (Lipinski definition) is 5. The molecule has 1 heterocycles. The summed E-state index contributed by atoms with van der Waals surface area (Å²) < 4.78 is 5.71. The molecule has 0 aliphatic heterocycles. The molecule has 0 amide bonds. The summed E-state index contributed by atoms with van der Waals surface area (Å²) in [7, 11) is 1.18. The van der Waals surface area contributed by atoms with Gasteiger partial charge in [-0.25, -0.2) is 9.59 Å². The van der Waals surface area contributed by atoms with Crippen molar-refractivity contribution in [1.82, 2.24) is 9.55 Å². The topological polar surface area (TPSA) is 81.4 Å². The molecule has 94 valence electrons. The van der Waals surface area contributed by atoms with E-state index in [1.165, 1.54) is 18.6 Å². The molecule has 1 N–H and O–H groups in total. The fourth-order valence-electron chi connectivity index (χ4n) is 1.56. The van der Waals surface area contributed by atoms with Gasteiger partial charge in [0.25, 0.3) is 0 Å². The minimum Gasteiger partial charge on any atom is -0.467 e. The molecule has 0 saturated carbocycles. The van der Waals surface area contributed by atoms with E-state index in [-0.39, 0.29) is 6.54 Å². The van der Waals surface area contributed by atoms with E-state index in [0.29, 0.717) is 11.4 Å². The fraction of sp³-hybridized carbons (Fsp3) is 0.545. The van der Waals surface area contributed by atoms with Crippen molar-refractivity contribution in [3.05, 3.63) is 27.9 Å². The first-order valence-electron chi connectivity index (χ1n) is 5.14. The van der Waals surface area contributed by atoms with Crippen molar-refractivity contribution < 1.29 is 14.6 Å². The third-order valence-corrected chi connectivity index (χ3v) is 2.44. The molecule has 6 nitrogen and oxygen atoms in total. The van der Waals surface area contributed by atoms with Crippen molar-refractivity contribution in [1.29, 1.82) is 0 Å². The lowest BCUT2D eigenvalue weighted by molar-refractivity contribution is -0.161. The van der Waals surface area contributed by atoms with Crippen molar-refractivity contribution >= 4 is 5.97 Å². The predicted molar refractivity (Wildman–Crippen MR) is 60.6 cm³/mol. The van der Waals surface area contributed by atoms with Crippen molar-refractivity contribution in [3.8, 4) is 0 Å². The van der Waals surface area contributed by atoms with Gasteiger partial charge in [-0.2, -0.15) is 4.98 Å². The Kier molecular flexibility index (Phi) is 3.67. The standard InChI is InChI=1S/C11H16N2O4/c1-7-5-8(2)13(10(15)12-7)6-11(3,16)9(14)17-4/h5,16H,6H2,1-4H3. The molecule has 0 aromatic carbocycles. The summed E-state index contributed by atoms with van der Waals surface area (Å²) >= 11 is 0. The van der Waals surface area contributed by atoms with E-state index in [1.54, 1.807) is 19.9 Å². The third-order valence-electron chi connectivity index (χ3n) is 2.44. The average Bonchev–Trinajstić information content (AvgIpc) is 2.22. The van der Waals surface area contributed by atoms with Gasteiger partial charge in [-0.1, -0.05) is 0 Å². The SMILES string of the molecule is COC(=O)C(C)(O)Cn1c(C)cc(C)nc1=O. The molecule has 17 heavy (non-hydrogen) atoms. The summed E-state index contributed by atoms with van der Waals surface area (Å²) in [5.74, 6) is -0.788. The second kappa shape index (κ2) is 4.67. The van der Waals surface area contributed by atoms with Gasteiger partial charge < -0.3 is 9.84 Å². The summed E-state index contributed by atoms with van der Waals surface area (Å²) in [5.41, 5.74) is -1.01. The number of rotatable bonds is 3. The highest BCUT2D eigenvalue weighted by Crippen LogP contribution is 2.10. The first kappa shape index (κ1) is 13.4. The number of aryl methyl sites for hydroxylation is 2. The van der Waals surface area contributed by atoms with Crippen LogP contribution in [0.5, 0.6) is 0 Å². The van der Waals surface area contributed by atoms with Crippen molar-refractivity contribution in [3.63, 3.8) is 0 Å². The number of ether oxygens (including phenoxy) is 1. The number of carbonyl (C=O) groups is 1. The number of nitrogens with zero attached hydrogens (tertiary/aromatic N) is 2. The monoisotopic (exact) mass is 240 g/mol. The highest BCUT2D eigenvalue weighted by molar-refractivity contribution is 5.78. The Morgan fingerprint density at radius 3 is 2.65 bits per heavy atom. The van der Waals surface area contributed by atoms with E-state index in [2.05, 4.69) is 9.72 Å². The molecule has 1 aromatic rings. The van der Waals surface area contributed by atoms with E-state index in [4.69, 9.17) is 0 Å². The molecule has 1 rings (SSSR count). The van der Waals surface area contributed by atoms with Gasteiger partial charge in [-0.15, -0.1) is 0 Å². The fourth-order valence-corrected chi connectivity index (χ4v) is 1.56. The lowest BCUT2D eigenvalue weighted by atomic mass is 10.1. The van der Waals surface area contributed by atoms with Crippen LogP contribution in [0.15, 0.2) is 10.9 Å². The van der Waals surface area contributed by atoms with Crippen LogP contribution in [-0.2, 0) is 16.1 Å². The molecule has 1 unspecified atom stereocenters. The van der Waals surface area contributed by atoms with E-state index in [1.807, 2.05) is 0 Å². The van der Waals surface area contributed by atoms with Crippen LogP contribution in [0.1, 0.15) is 18.3 Å². The zero-order valence-electron chi connectivity index (χ0n) is 10.4. The van der Waals surface area contributed by atoms with Gasteiger partial charge in [-0.05, 0) is 26.8 Å². The summed E-state index contributed by atoms with van der Waals surface area (Å²) in [6.07, 6.45) is 0. The Morgan fingerprint density at radius 1 is 1.59 bits per heavy atom. The van der Waals surface area contributed by atoms with E-state index < -0.39 is 17.3 Å². The zero-order chi connectivity index (χ0) is 13.2. The Bertz CT molecular complexity index is 491. The molecule has 1 atom stereocenters. The lowest BCUT2D eigenvalue weighted by Crippen LogP contribution is -2.44. The zero-order valence-corrected chi connectivity index (χ0v) is 10.4. The predicted octanol–water partition coefficient (Wildman–Crippen LogP) is -0.216.